The molecule has 37 heavy (non-hydrogen) atoms. The third-order valence-electron chi connectivity index (χ3n) is 5.36. The molecule has 0 aliphatic rings. The summed E-state index contributed by atoms with van der Waals surface area (Å²) in [5.41, 5.74) is 4.86. The number of aryl methyl sites for hydroxylation is 2. The van der Waals surface area contributed by atoms with E-state index in [-0.39, 0.29) is 0 Å². The summed E-state index contributed by atoms with van der Waals surface area (Å²) in [6, 6.07) is 23.1. The fourth-order valence-corrected chi connectivity index (χ4v) is 4.20. The average molecular weight is 500 g/mol. The molecule has 5 aromatic rings. The van der Waals surface area contributed by atoms with Gasteiger partial charge in [-0.15, -0.1) is 0 Å². The summed E-state index contributed by atoms with van der Waals surface area (Å²) in [5, 5.41) is 14.2. The van der Waals surface area contributed by atoms with Crippen molar-refractivity contribution < 1.29 is 0 Å². The number of anilines is 3. The first-order chi connectivity index (χ1) is 18.1. The van der Waals surface area contributed by atoms with Crippen LogP contribution in [0.4, 0.5) is 17.5 Å². The lowest BCUT2D eigenvalue weighted by Crippen LogP contribution is -1.98. The van der Waals surface area contributed by atoms with Crippen molar-refractivity contribution in [2.24, 2.45) is 0 Å². The van der Waals surface area contributed by atoms with Gasteiger partial charge in [0.05, 0.1) is 11.6 Å². The van der Waals surface area contributed by atoms with Crippen LogP contribution in [0.2, 0.25) is 0 Å². The van der Waals surface area contributed by atoms with Gasteiger partial charge in [0.15, 0.2) is 0 Å². The lowest BCUT2D eigenvalue weighted by molar-refractivity contribution is 1.07. The van der Waals surface area contributed by atoms with Crippen LogP contribution < -0.4 is 10.0 Å². The summed E-state index contributed by atoms with van der Waals surface area (Å²) in [6.07, 6.45) is 3.54. The van der Waals surface area contributed by atoms with E-state index in [1.54, 1.807) is 18.3 Å². The summed E-state index contributed by atoms with van der Waals surface area (Å²) >= 11 is 1.46. The highest BCUT2D eigenvalue weighted by Crippen LogP contribution is 2.25. The Kier molecular flexibility index (Phi) is 6.93. The van der Waals surface area contributed by atoms with E-state index in [1.807, 2.05) is 74.6 Å². The maximum Gasteiger partial charge on any atom is 0.233 e. The molecule has 3 heterocycles. The third-order valence-corrected chi connectivity index (χ3v) is 6.15. The first-order valence-electron chi connectivity index (χ1n) is 11.4. The van der Waals surface area contributed by atoms with Crippen LogP contribution in [0.1, 0.15) is 28.2 Å². The molecule has 0 bridgehead atoms. The Labute approximate surface area is 219 Å². The van der Waals surface area contributed by atoms with Crippen LogP contribution in [-0.2, 0) is 0 Å². The van der Waals surface area contributed by atoms with Crippen molar-refractivity contribution >= 4 is 40.2 Å². The van der Waals surface area contributed by atoms with Crippen molar-refractivity contribution in [3.63, 3.8) is 0 Å². The number of nitrogens with one attached hydrogen (secondary N) is 2. The smallest absolute Gasteiger partial charge is 0.233 e. The van der Waals surface area contributed by atoms with Crippen molar-refractivity contribution in [2.75, 3.05) is 10.0 Å². The van der Waals surface area contributed by atoms with Gasteiger partial charge in [0.25, 0.3) is 0 Å². The quantitative estimate of drug-likeness (QED) is 0.219. The van der Waals surface area contributed by atoms with Gasteiger partial charge in [0, 0.05) is 50.7 Å². The monoisotopic (exact) mass is 499 g/mol. The Hall–Kier alpha value is -4.92. The maximum absolute atomic E-state index is 8.97. The second-order valence-electron chi connectivity index (χ2n) is 8.22. The predicted octanol–water partition coefficient (Wildman–Crippen LogP) is 6.17. The first-order valence-corrected chi connectivity index (χ1v) is 12.3. The van der Waals surface area contributed by atoms with Gasteiger partial charge in [-0.1, -0.05) is 5.92 Å². The normalized spacial score (nSPS) is 10.3. The average Bonchev–Trinajstić information content (AvgIpc) is 2.91. The Bertz CT molecular complexity index is 1660. The molecule has 0 aliphatic carbocycles. The highest BCUT2D eigenvalue weighted by atomic mass is 32.2. The minimum absolute atomic E-state index is 0.594. The topological polar surface area (TPSA) is 99.4 Å². The molecule has 0 unspecified atom stereocenters. The van der Waals surface area contributed by atoms with Crippen LogP contribution in [-0.4, -0.2) is 19.9 Å². The Morgan fingerprint density at radius 3 is 2.27 bits per heavy atom. The molecular formula is C29H21N7S. The van der Waals surface area contributed by atoms with Crippen LogP contribution in [0.25, 0.3) is 10.8 Å². The number of rotatable bonds is 5. The number of pyridine rings is 2. The number of nitriles is 1. The Morgan fingerprint density at radius 1 is 0.811 bits per heavy atom. The Morgan fingerprint density at radius 2 is 1.54 bits per heavy atom. The van der Waals surface area contributed by atoms with Gasteiger partial charge in [-0.25, -0.2) is 19.9 Å². The van der Waals surface area contributed by atoms with Crippen molar-refractivity contribution in [3.05, 3.63) is 107 Å². The second kappa shape index (κ2) is 10.8. The fourth-order valence-electron chi connectivity index (χ4n) is 3.62. The van der Waals surface area contributed by atoms with Crippen molar-refractivity contribution in [1.82, 2.24) is 19.9 Å². The molecule has 0 saturated carbocycles. The van der Waals surface area contributed by atoms with Crippen molar-refractivity contribution in [2.45, 2.75) is 18.7 Å². The molecule has 7 nitrogen and oxygen atoms in total. The number of aromatic nitrogens is 4. The summed E-state index contributed by atoms with van der Waals surface area (Å²) in [4.78, 5) is 18.8. The zero-order chi connectivity index (χ0) is 25.6. The molecule has 3 aromatic heterocycles. The van der Waals surface area contributed by atoms with Gasteiger partial charge in [-0.3, -0.25) is 4.72 Å². The first kappa shape index (κ1) is 23.8. The van der Waals surface area contributed by atoms with Gasteiger partial charge in [-0.05, 0) is 98.4 Å². The number of fused-ring (bicyclic) bond motifs is 1. The lowest BCUT2D eigenvalue weighted by atomic mass is 10.1. The van der Waals surface area contributed by atoms with Gasteiger partial charge in [0.1, 0.15) is 11.5 Å². The van der Waals surface area contributed by atoms with Crippen molar-refractivity contribution in [3.8, 4) is 17.9 Å². The molecular weight excluding hydrogens is 478 g/mol. The molecule has 178 valence electrons. The zero-order valence-corrected chi connectivity index (χ0v) is 21.0. The van der Waals surface area contributed by atoms with Gasteiger partial charge in [-0.2, -0.15) is 5.26 Å². The lowest BCUT2D eigenvalue weighted by Gasteiger charge is -2.09. The number of hydrogen-bond acceptors (Lipinski definition) is 8. The zero-order valence-electron chi connectivity index (χ0n) is 20.1. The summed E-state index contributed by atoms with van der Waals surface area (Å²) in [5.74, 6) is 7.58. The van der Waals surface area contributed by atoms with E-state index in [0.29, 0.717) is 23.0 Å². The molecule has 8 heteroatoms. The molecule has 0 atom stereocenters. The summed E-state index contributed by atoms with van der Waals surface area (Å²) in [6.45, 7) is 3.90. The minimum Gasteiger partial charge on any atom is -0.340 e. The standard InChI is InChI=1S/C29H21N7S/c1-19-15-20(2)34-29(33-19)36-37-25-10-8-24(9-11-25)35-28-16-26-23(18-32-28)13-14-31-27(26)12-7-21-3-5-22(17-30)6-4-21/h3-6,8-11,13-16,18H,1-2H3,(H,32,35)(H,33,34,36). The molecule has 0 fully saturated rings. The Balaban J connectivity index is 1.30. The highest BCUT2D eigenvalue weighted by Gasteiger charge is 2.05. The van der Waals surface area contributed by atoms with E-state index in [2.05, 4.69) is 47.9 Å². The van der Waals surface area contributed by atoms with Gasteiger partial charge >= 0.3 is 0 Å². The van der Waals surface area contributed by atoms with Crippen LogP contribution >= 0.6 is 11.9 Å². The van der Waals surface area contributed by atoms with E-state index in [0.717, 1.165) is 38.3 Å². The highest BCUT2D eigenvalue weighted by molar-refractivity contribution is 8.00. The van der Waals surface area contributed by atoms with E-state index in [1.165, 1.54) is 11.9 Å². The predicted molar refractivity (Wildman–Crippen MR) is 147 cm³/mol. The molecule has 2 aromatic carbocycles. The minimum atomic E-state index is 0.594. The molecule has 0 spiro atoms. The second-order valence-corrected chi connectivity index (χ2v) is 9.10. The van der Waals surface area contributed by atoms with Crippen LogP contribution in [0.5, 0.6) is 0 Å². The molecule has 0 amide bonds. The van der Waals surface area contributed by atoms with E-state index in [4.69, 9.17) is 5.26 Å². The molecule has 5 rings (SSSR count). The largest absolute Gasteiger partial charge is 0.340 e. The van der Waals surface area contributed by atoms with Crippen LogP contribution in [0.3, 0.4) is 0 Å². The van der Waals surface area contributed by atoms with Gasteiger partial charge in [0.2, 0.25) is 5.95 Å². The van der Waals surface area contributed by atoms with Gasteiger partial charge < -0.3 is 5.32 Å². The molecule has 0 saturated heterocycles. The van der Waals surface area contributed by atoms with Crippen LogP contribution in [0.15, 0.2) is 84.0 Å². The SMILES string of the molecule is Cc1cc(C)nc(NSc2ccc(Nc3cc4c(C#Cc5ccc(C#N)cc5)nccc4cn3)cc2)n1. The number of nitrogens with zero attached hydrogens (tertiary/aromatic N) is 5. The number of benzene rings is 2. The third kappa shape index (κ3) is 6.02. The van der Waals surface area contributed by atoms with E-state index >= 15 is 0 Å². The summed E-state index contributed by atoms with van der Waals surface area (Å²) < 4.78 is 3.20. The number of hydrogen-bond donors (Lipinski definition) is 2. The molecule has 0 radical (unpaired) electrons. The summed E-state index contributed by atoms with van der Waals surface area (Å²) in [7, 11) is 0. The maximum atomic E-state index is 8.97. The fraction of sp³-hybridized carbons (Fsp3) is 0.0690. The molecule has 2 N–H and O–H groups in total. The molecule has 0 aliphatic heterocycles. The van der Waals surface area contributed by atoms with E-state index < -0.39 is 0 Å². The van der Waals surface area contributed by atoms with Crippen molar-refractivity contribution in [1.29, 1.82) is 5.26 Å². The van der Waals surface area contributed by atoms with E-state index in [9.17, 15) is 0 Å². The van der Waals surface area contributed by atoms with Crippen LogP contribution in [0, 0.1) is 37.0 Å².